The van der Waals surface area contributed by atoms with E-state index in [1.54, 1.807) is 12.3 Å². The van der Waals surface area contributed by atoms with Crippen molar-refractivity contribution in [3.63, 3.8) is 0 Å². The van der Waals surface area contributed by atoms with Crippen LogP contribution in [-0.2, 0) is 0 Å². The normalized spacial score (nSPS) is 13.1. The van der Waals surface area contributed by atoms with Gasteiger partial charge in [-0.05, 0) is 28.1 Å². The second kappa shape index (κ2) is 5.18. The number of rotatable bonds is 2. The highest BCUT2D eigenvalue weighted by molar-refractivity contribution is 9.11. The molecule has 0 fully saturated rings. The highest BCUT2D eigenvalue weighted by Crippen LogP contribution is 2.32. The summed E-state index contributed by atoms with van der Waals surface area (Å²) in [6.07, 6.45) is 1.65. The Morgan fingerprint density at radius 2 is 2.42 bits per heavy atom. The SMILES string of the molecule is O=C(Nc1ncc(Br)s1)c1cccc2c1OCCN2. The molecule has 7 heteroatoms. The third-order valence-corrected chi connectivity index (χ3v) is 4.01. The largest absolute Gasteiger partial charge is 0.489 e. The van der Waals surface area contributed by atoms with Gasteiger partial charge in [-0.25, -0.2) is 4.98 Å². The van der Waals surface area contributed by atoms with Crippen molar-refractivity contribution in [2.24, 2.45) is 0 Å². The lowest BCUT2D eigenvalue weighted by atomic mass is 10.1. The van der Waals surface area contributed by atoms with E-state index in [0.717, 1.165) is 16.0 Å². The molecule has 98 valence electrons. The number of para-hydroxylation sites is 1. The van der Waals surface area contributed by atoms with Gasteiger partial charge in [0.1, 0.15) is 6.61 Å². The molecule has 1 aliphatic heterocycles. The molecule has 3 rings (SSSR count). The maximum absolute atomic E-state index is 12.2. The second-order valence-electron chi connectivity index (χ2n) is 3.88. The summed E-state index contributed by atoms with van der Waals surface area (Å²) >= 11 is 4.67. The predicted octanol–water partition coefficient (Wildman–Crippen LogP) is 2.96. The number of thiazole rings is 1. The standard InChI is InChI=1S/C12H10BrN3O2S/c13-9-6-15-12(19-9)16-11(17)7-2-1-3-8-10(7)18-5-4-14-8/h1-3,6,14H,4-5H2,(H,15,16,17). The van der Waals surface area contributed by atoms with E-state index in [1.807, 2.05) is 12.1 Å². The molecular formula is C12H10BrN3O2S. The number of hydrogen-bond donors (Lipinski definition) is 2. The number of hydrogen-bond acceptors (Lipinski definition) is 5. The van der Waals surface area contributed by atoms with E-state index in [1.165, 1.54) is 11.3 Å². The lowest BCUT2D eigenvalue weighted by Gasteiger charge is -2.21. The lowest BCUT2D eigenvalue weighted by Crippen LogP contribution is -2.21. The van der Waals surface area contributed by atoms with Crippen molar-refractivity contribution in [1.82, 2.24) is 4.98 Å². The molecule has 0 saturated carbocycles. The van der Waals surface area contributed by atoms with Crippen LogP contribution in [0.2, 0.25) is 0 Å². The molecule has 0 spiro atoms. The minimum atomic E-state index is -0.220. The average molecular weight is 340 g/mol. The van der Waals surface area contributed by atoms with Gasteiger partial charge in [-0.1, -0.05) is 17.4 Å². The molecule has 0 radical (unpaired) electrons. The third kappa shape index (κ3) is 2.57. The van der Waals surface area contributed by atoms with E-state index in [4.69, 9.17) is 4.74 Å². The van der Waals surface area contributed by atoms with Gasteiger partial charge >= 0.3 is 0 Å². The van der Waals surface area contributed by atoms with Crippen LogP contribution < -0.4 is 15.4 Å². The monoisotopic (exact) mass is 339 g/mol. The molecule has 5 nitrogen and oxygen atoms in total. The first-order valence-corrected chi connectivity index (χ1v) is 7.27. The molecular weight excluding hydrogens is 330 g/mol. The molecule has 2 N–H and O–H groups in total. The average Bonchev–Trinajstić information content (AvgIpc) is 2.83. The number of ether oxygens (including phenoxy) is 1. The van der Waals surface area contributed by atoms with Crippen molar-refractivity contribution < 1.29 is 9.53 Å². The van der Waals surface area contributed by atoms with E-state index in [9.17, 15) is 4.79 Å². The minimum absolute atomic E-state index is 0.220. The van der Waals surface area contributed by atoms with Gasteiger partial charge in [0.15, 0.2) is 10.9 Å². The molecule has 1 aromatic carbocycles. The van der Waals surface area contributed by atoms with E-state index in [2.05, 4.69) is 31.5 Å². The number of nitrogens with zero attached hydrogens (tertiary/aromatic N) is 1. The molecule has 0 atom stereocenters. The minimum Gasteiger partial charge on any atom is -0.489 e. The number of carbonyl (C=O) groups excluding carboxylic acids is 1. The first-order valence-electron chi connectivity index (χ1n) is 5.66. The Kier molecular flexibility index (Phi) is 3.39. The zero-order valence-electron chi connectivity index (χ0n) is 9.77. The fourth-order valence-corrected chi connectivity index (χ4v) is 2.93. The molecule has 0 saturated heterocycles. The molecule has 1 aromatic heterocycles. The van der Waals surface area contributed by atoms with Crippen LogP contribution in [0.25, 0.3) is 0 Å². The quantitative estimate of drug-likeness (QED) is 0.882. The van der Waals surface area contributed by atoms with E-state index in [-0.39, 0.29) is 5.91 Å². The van der Waals surface area contributed by atoms with Crippen molar-refractivity contribution in [2.75, 3.05) is 23.8 Å². The zero-order chi connectivity index (χ0) is 13.2. The van der Waals surface area contributed by atoms with Crippen LogP contribution in [0.15, 0.2) is 28.2 Å². The summed E-state index contributed by atoms with van der Waals surface area (Å²) in [6.45, 7) is 1.30. The fraction of sp³-hybridized carbons (Fsp3) is 0.167. The van der Waals surface area contributed by atoms with Gasteiger partial charge in [-0.3, -0.25) is 10.1 Å². The predicted molar refractivity (Wildman–Crippen MR) is 78.2 cm³/mol. The highest BCUT2D eigenvalue weighted by atomic mass is 79.9. The van der Waals surface area contributed by atoms with Crippen LogP contribution in [0.3, 0.4) is 0 Å². The van der Waals surface area contributed by atoms with Crippen LogP contribution in [0.5, 0.6) is 5.75 Å². The first kappa shape index (κ1) is 12.4. The number of benzene rings is 1. The maximum Gasteiger partial charge on any atom is 0.261 e. The summed E-state index contributed by atoms with van der Waals surface area (Å²) in [5, 5.41) is 6.51. The van der Waals surface area contributed by atoms with Gasteiger partial charge < -0.3 is 10.1 Å². The van der Waals surface area contributed by atoms with Gasteiger partial charge in [-0.15, -0.1) is 0 Å². The van der Waals surface area contributed by atoms with Crippen molar-refractivity contribution >= 4 is 44.0 Å². The molecule has 0 unspecified atom stereocenters. The van der Waals surface area contributed by atoms with Gasteiger partial charge in [0.05, 0.1) is 21.2 Å². The number of carbonyl (C=O) groups is 1. The second-order valence-corrected chi connectivity index (χ2v) is 6.29. The van der Waals surface area contributed by atoms with Crippen LogP contribution in [0, 0.1) is 0 Å². The van der Waals surface area contributed by atoms with Crippen molar-refractivity contribution in [3.8, 4) is 5.75 Å². The van der Waals surface area contributed by atoms with Crippen molar-refractivity contribution in [1.29, 1.82) is 0 Å². The number of halogens is 1. The lowest BCUT2D eigenvalue weighted by molar-refractivity contribution is 0.102. The number of anilines is 2. The fourth-order valence-electron chi connectivity index (χ4n) is 1.83. The maximum atomic E-state index is 12.2. The van der Waals surface area contributed by atoms with Crippen molar-refractivity contribution in [3.05, 3.63) is 33.7 Å². The topological polar surface area (TPSA) is 63.2 Å². The van der Waals surface area contributed by atoms with E-state index < -0.39 is 0 Å². The molecule has 2 aromatic rings. The molecule has 2 heterocycles. The van der Waals surface area contributed by atoms with Crippen LogP contribution >= 0.6 is 27.3 Å². The van der Waals surface area contributed by atoms with Gasteiger partial charge in [0, 0.05) is 6.54 Å². The molecule has 1 aliphatic rings. The van der Waals surface area contributed by atoms with Crippen molar-refractivity contribution in [2.45, 2.75) is 0 Å². The number of amides is 1. The molecule has 1 amide bonds. The summed E-state index contributed by atoms with van der Waals surface area (Å²) in [5.41, 5.74) is 1.36. The number of nitrogens with one attached hydrogen (secondary N) is 2. The Balaban J connectivity index is 1.87. The summed E-state index contributed by atoms with van der Waals surface area (Å²) < 4.78 is 6.44. The summed E-state index contributed by atoms with van der Waals surface area (Å²) in [6, 6.07) is 5.46. The Bertz CT molecular complexity index is 629. The van der Waals surface area contributed by atoms with Crippen LogP contribution in [-0.4, -0.2) is 24.0 Å². The third-order valence-electron chi connectivity index (χ3n) is 2.62. The Morgan fingerprint density at radius 3 is 3.21 bits per heavy atom. The zero-order valence-corrected chi connectivity index (χ0v) is 12.2. The first-order chi connectivity index (χ1) is 9.24. The van der Waals surface area contributed by atoms with E-state index >= 15 is 0 Å². The van der Waals surface area contributed by atoms with Gasteiger partial charge in [-0.2, -0.15) is 0 Å². The van der Waals surface area contributed by atoms with Crippen LogP contribution in [0.1, 0.15) is 10.4 Å². The molecule has 19 heavy (non-hydrogen) atoms. The summed E-state index contributed by atoms with van der Waals surface area (Å²) in [5.74, 6) is 0.379. The highest BCUT2D eigenvalue weighted by Gasteiger charge is 2.19. The Labute approximate surface area is 122 Å². The summed E-state index contributed by atoms with van der Waals surface area (Å²) in [7, 11) is 0. The number of aromatic nitrogens is 1. The molecule has 0 aliphatic carbocycles. The summed E-state index contributed by atoms with van der Waals surface area (Å²) in [4.78, 5) is 16.3. The van der Waals surface area contributed by atoms with Gasteiger partial charge in [0.2, 0.25) is 0 Å². The Hall–Kier alpha value is -1.60. The smallest absolute Gasteiger partial charge is 0.261 e. The number of fused-ring (bicyclic) bond motifs is 1. The Morgan fingerprint density at radius 1 is 1.53 bits per heavy atom. The van der Waals surface area contributed by atoms with Gasteiger partial charge in [0.25, 0.3) is 5.91 Å². The molecule has 0 bridgehead atoms. The van der Waals surface area contributed by atoms with Crippen LogP contribution in [0.4, 0.5) is 10.8 Å². The van der Waals surface area contributed by atoms with E-state index in [0.29, 0.717) is 23.1 Å².